The van der Waals surface area contributed by atoms with E-state index < -0.39 is 0 Å². The van der Waals surface area contributed by atoms with Gasteiger partial charge in [-0.1, -0.05) is 19.1 Å². The Morgan fingerprint density at radius 3 is 2.76 bits per heavy atom. The van der Waals surface area contributed by atoms with Gasteiger partial charge in [-0.05, 0) is 30.3 Å². The van der Waals surface area contributed by atoms with Gasteiger partial charge in [0.25, 0.3) is 0 Å². The molecule has 3 rings (SSSR count). The molecule has 6 nitrogen and oxygen atoms in total. The van der Waals surface area contributed by atoms with Gasteiger partial charge in [0, 0.05) is 32.3 Å². The zero-order valence-electron chi connectivity index (χ0n) is 14.6. The van der Waals surface area contributed by atoms with Crippen molar-refractivity contribution in [3.63, 3.8) is 0 Å². The van der Waals surface area contributed by atoms with Gasteiger partial charge in [0.1, 0.15) is 11.8 Å². The molecule has 1 aromatic heterocycles. The van der Waals surface area contributed by atoms with Crippen molar-refractivity contribution in [1.82, 2.24) is 9.88 Å². The molecule has 0 bridgehead atoms. The summed E-state index contributed by atoms with van der Waals surface area (Å²) in [6, 6.07) is 9.85. The van der Waals surface area contributed by atoms with Crippen LogP contribution in [0.15, 0.2) is 28.7 Å². The predicted octanol–water partition coefficient (Wildman–Crippen LogP) is 2.87. The number of nitriles is 1. The largest absolute Gasteiger partial charge is 0.497 e. The van der Waals surface area contributed by atoms with E-state index in [1.165, 1.54) is 0 Å². The maximum absolute atomic E-state index is 9.36. The Balaban J connectivity index is 1.76. The van der Waals surface area contributed by atoms with Gasteiger partial charge < -0.3 is 19.0 Å². The molecule has 1 fully saturated rings. The fraction of sp³-hybridized carbons (Fsp3) is 0.368. The van der Waals surface area contributed by atoms with Crippen molar-refractivity contribution in [2.45, 2.75) is 6.92 Å². The lowest BCUT2D eigenvalue weighted by Crippen LogP contribution is -2.46. The zero-order chi connectivity index (χ0) is 17.6. The summed E-state index contributed by atoms with van der Waals surface area (Å²) in [5.41, 5.74) is 1.32. The number of hydrogen-bond acceptors (Lipinski definition) is 6. The van der Waals surface area contributed by atoms with Gasteiger partial charge in [-0.3, -0.25) is 0 Å². The van der Waals surface area contributed by atoms with Crippen LogP contribution in [-0.2, 0) is 0 Å². The Kier molecular flexibility index (Phi) is 5.36. The molecule has 0 spiro atoms. The first-order valence-electron chi connectivity index (χ1n) is 8.44. The number of rotatable bonds is 5. The van der Waals surface area contributed by atoms with E-state index >= 15 is 0 Å². The second kappa shape index (κ2) is 7.86. The summed E-state index contributed by atoms with van der Waals surface area (Å²) in [5, 5.41) is 9.36. The van der Waals surface area contributed by atoms with E-state index in [9.17, 15) is 5.26 Å². The molecule has 0 aliphatic carbocycles. The molecule has 1 aromatic carbocycles. The van der Waals surface area contributed by atoms with Crippen LogP contribution in [0.3, 0.4) is 0 Å². The molecule has 0 unspecified atom stereocenters. The van der Waals surface area contributed by atoms with Crippen molar-refractivity contribution in [2.24, 2.45) is 0 Å². The van der Waals surface area contributed by atoms with E-state index in [4.69, 9.17) is 9.15 Å². The minimum atomic E-state index is 0.343. The van der Waals surface area contributed by atoms with Crippen molar-refractivity contribution in [3.05, 3.63) is 41.4 Å². The minimum absolute atomic E-state index is 0.343. The molecule has 130 valence electrons. The number of ether oxygens (including phenoxy) is 1. The van der Waals surface area contributed by atoms with Gasteiger partial charge in [-0.15, -0.1) is 0 Å². The fourth-order valence-corrected chi connectivity index (χ4v) is 2.87. The Morgan fingerprint density at radius 1 is 1.28 bits per heavy atom. The van der Waals surface area contributed by atoms with Crippen molar-refractivity contribution < 1.29 is 9.15 Å². The third kappa shape index (κ3) is 4.01. The highest BCUT2D eigenvalue weighted by Crippen LogP contribution is 2.24. The van der Waals surface area contributed by atoms with Gasteiger partial charge in [0.15, 0.2) is 0 Å². The first-order valence-corrected chi connectivity index (χ1v) is 8.44. The molecule has 0 N–H and O–H groups in total. The highest BCUT2D eigenvalue weighted by atomic mass is 16.5. The lowest BCUT2D eigenvalue weighted by Gasteiger charge is -2.33. The number of aromatic nitrogens is 1. The van der Waals surface area contributed by atoms with Crippen LogP contribution in [0.25, 0.3) is 12.2 Å². The van der Waals surface area contributed by atoms with Crippen LogP contribution in [0.2, 0.25) is 0 Å². The zero-order valence-corrected chi connectivity index (χ0v) is 14.6. The second-order valence-corrected chi connectivity index (χ2v) is 5.85. The van der Waals surface area contributed by atoms with Gasteiger partial charge in [0.2, 0.25) is 17.5 Å². The van der Waals surface area contributed by atoms with E-state index in [1.54, 1.807) is 13.2 Å². The normalized spacial score (nSPS) is 15.5. The van der Waals surface area contributed by atoms with E-state index in [-0.39, 0.29) is 0 Å². The average molecular weight is 338 g/mol. The summed E-state index contributed by atoms with van der Waals surface area (Å²) in [7, 11) is 1.64. The predicted molar refractivity (Wildman–Crippen MR) is 97.5 cm³/mol. The number of oxazole rings is 1. The standard InChI is InChI=1S/C19H22N4O2/c1-3-22-9-11-23(12-10-22)19-17(14-20)21-18(25-19)8-7-15-5-4-6-16(13-15)24-2/h4-8,13H,3,9-12H2,1-2H3/b8-7+. The van der Waals surface area contributed by atoms with Gasteiger partial charge >= 0.3 is 0 Å². The molecule has 0 amide bonds. The molecule has 2 aromatic rings. The van der Waals surface area contributed by atoms with Crippen molar-refractivity contribution in [3.8, 4) is 11.8 Å². The van der Waals surface area contributed by atoms with Gasteiger partial charge in [-0.2, -0.15) is 10.2 Å². The van der Waals surface area contributed by atoms with Crippen molar-refractivity contribution in [1.29, 1.82) is 5.26 Å². The van der Waals surface area contributed by atoms with E-state index in [2.05, 4.69) is 27.8 Å². The van der Waals surface area contributed by atoms with Crippen LogP contribution in [0, 0.1) is 11.3 Å². The van der Waals surface area contributed by atoms with Crippen LogP contribution >= 0.6 is 0 Å². The smallest absolute Gasteiger partial charge is 0.235 e. The maximum atomic E-state index is 9.36. The fourth-order valence-electron chi connectivity index (χ4n) is 2.87. The van der Waals surface area contributed by atoms with Crippen LogP contribution in [0.1, 0.15) is 24.1 Å². The number of hydrogen-bond donors (Lipinski definition) is 0. The average Bonchev–Trinajstić information content (AvgIpc) is 3.10. The Morgan fingerprint density at radius 2 is 2.08 bits per heavy atom. The molecule has 25 heavy (non-hydrogen) atoms. The van der Waals surface area contributed by atoms with Crippen molar-refractivity contribution in [2.75, 3.05) is 44.7 Å². The van der Waals surface area contributed by atoms with Crippen LogP contribution in [0.4, 0.5) is 5.88 Å². The lowest BCUT2D eigenvalue weighted by atomic mass is 10.2. The summed E-state index contributed by atoms with van der Waals surface area (Å²) < 4.78 is 11.1. The van der Waals surface area contributed by atoms with Crippen LogP contribution in [0.5, 0.6) is 5.75 Å². The Labute approximate surface area is 147 Å². The molecule has 1 aliphatic rings. The summed E-state index contributed by atoms with van der Waals surface area (Å²) in [5.74, 6) is 1.80. The molecule has 0 atom stereocenters. The molecular formula is C19H22N4O2. The molecule has 1 aliphatic heterocycles. The number of anilines is 1. The molecule has 0 saturated carbocycles. The highest BCUT2D eigenvalue weighted by Gasteiger charge is 2.22. The summed E-state index contributed by atoms with van der Waals surface area (Å²) in [4.78, 5) is 8.77. The van der Waals surface area contributed by atoms with Gasteiger partial charge in [-0.25, -0.2) is 0 Å². The topological polar surface area (TPSA) is 65.5 Å². The summed E-state index contributed by atoms with van der Waals surface area (Å²) in [6.45, 7) is 6.83. The third-order valence-electron chi connectivity index (χ3n) is 4.35. The lowest BCUT2D eigenvalue weighted by molar-refractivity contribution is 0.266. The number of methoxy groups -OCH3 is 1. The Hall–Kier alpha value is -2.78. The molecule has 6 heteroatoms. The van der Waals surface area contributed by atoms with E-state index in [0.29, 0.717) is 17.5 Å². The maximum Gasteiger partial charge on any atom is 0.235 e. The molecular weight excluding hydrogens is 316 g/mol. The number of piperazine rings is 1. The number of likely N-dealkylation sites (N-methyl/N-ethyl adjacent to an activating group) is 1. The van der Waals surface area contributed by atoms with Gasteiger partial charge in [0.05, 0.1) is 7.11 Å². The molecule has 2 heterocycles. The molecule has 0 radical (unpaired) electrons. The number of benzene rings is 1. The molecule has 1 saturated heterocycles. The van der Waals surface area contributed by atoms with Crippen LogP contribution in [-0.4, -0.2) is 49.7 Å². The van der Waals surface area contributed by atoms with E-state index in [0.717, 1.165) is 44.0 Å². The monoisotopic (exact) mass is 338 g/mol. The third-order valence-corrected chi connectivity index (χ3v) is 4.35. The summed E-state index contributed by atoms with van der Waals surface area (Å²) in [6.07, 6.45) is 3.68. The quantitative estimate of drug-likeness (QED) is 0.835. The van der Waals surface area contributed by atoms with E-state index in [1.807, 2.05) is 30.3 Å². The second-order valence-electron chi connectivity index (χ2n) is 5.85. The first-order chi connectivity index (χ1) is 12.2. The number of nitrogens with zero attached hydrogens (tertiary/aromatic N) is 4. The first kappa shape index (κ1) is 17.1. The van der Waals surface area contributed by atoms with Crippen molar-refractivity contribution >= 4 is 18.0 Å². The summed E-state index contributed by atoms with van der Waals surface area (Å²) >= 11 is 0. The highest BCUT2D eigenvalue weighted by molar-refractivity contribution is 5.68. The van der Waals surface area contributed by atoms with Crippen LogP contribution < -0.4 is 9.64 Å². The Bertz CT molecular complexity index is 783. The minimum Gasteiger partial charge on any atom is -0.497 e. The SMILES string of the molecule is CCN1CCN(c2oc(/C=C/c3cccc(OC)c3)nc2C#N)CC1.